The lowest BCUT2D eigenvalue weighted by Crippen LogP contribution is -2.54. The highest BCUT2D eigenvalue weighted by atomic mass is 35.5. The van der Waals surface area contributed by atoms with Gasteiger partial charge in [0.1, 0.15) is 12.1 Å². The number of hydrogen-bond acceptors (Lipinski definition) is 4. The van der Waals surface area contributed by atoms with E-state index in [2.05, 4.69) is 10.5 Å². The highest BCUT2D eigenvalue weighted by Crippen LogP contribution is 2.46. The second kappa shape index (κ2) is 7.37. The van der Waals surface area contributed by atoms with Crippen molar-refractivity contribution in [2.75, 3.05) is 0 Å². The molecule has 0 saturated heterocycles. The second-order valence-corrected chi connectivity index (χ2v) is 7.53. The van der Waals surface area contributed by atoms with E-state index < -0.39 is 11.4 Å². The lowest BCUT2D eigenvalue weighted by molar-refractivity contribution is 0.0887. The molecule has 3 unspecified atom stereocenters. The Labute approximate surface area is 166 Å². The lowest BCUT2D eigenvalue weighted by Gasteiger charge is -2.35. The van der Waals surface area contributed by atoms with Crippen molar-refractivity contribution in [2.24, 2.45) is 5.73 Å². The minimum Gasteiger partial charge on any atom is -0.364 e. The number of halogens is 2. The maximum atomic E-state index is 13.8. The highest BCUT2D eigenvalue weighted by molar-refractivity contribution is 6.30. The van der Waals surface area contributed by atoms with E-state index in [4.69, 9.17) is 21.9 Å². The summed E-state index contributed by atoms with van der Waals surface area (Å²) in [4.78, 5) is 12.8. The van der Waals surface area contributed by atoms with E-state index in [0.717, 1.165) is 5.56 Å². The molecule has 1 aliphatic rings. The van der Waals surface area contributed by atoms with Crippen molar-refractivity contribution in [2.45, 2.75) is 30.3 Å². The number of nitrogens with one attached hydrogen (secondary N) is 1. The number of hydrogen-bond donors (Lipinski definition) is 2. The molecule has 3 N–H and O–H groups in total. The molecule has 1 saturated carbocycles. The first kappa shape index (κ1) is 18.7. The Morgan fingerprint density at radius 2 is 2.07 bits per heavy atom. The van der Waals surface area contributed by atoms with Crippen molar-refractivity contribution in [3.05, 3.63) is 88.5 Å². The first-order valence-corrected chi connectivity index (χ1v) is 9.35. The van der Waals surface area contributed by atoms with Gasteiger partial charge in [-0.2, -0.15) is 0 Å². The van der Waals surface area contributed by atoms with Gasteiger partial charge in [-0.3, -0.25) is 4.79 Å². The van der Waals surface area contributed by atoms with Crippen LogP contribution in [0.25, 0.3) is 0 Å². The van der Waals surface area contributed by atoms with Crippen molar-refractivity contribution in [1.82, 2.24) is 10.5 Å². The fraction of sp³-hybridized carbons (Fsp3) is 0.238. The van der Waals surface area contributed by atoms with E-state index >= 15 is 0 Å². The van der Waals surface area contributed by atoms with Crippen LogP contribution in [0.1, 0.15) is 40.2 Å². The summed E-state index contributed by atoms with van der Waals surface area (Å²) in [7, 11) is 0. The second-order valence-electron chi connectivity index (χ2n) is 7.12. The molecular formula is C21H19ClFN3O2. The first-order valence-electron chi connectivity index (χ1n) is 8.97. The summed E-state index contributed by atoms with van der Waals surface area (Å²) in [5.74, 6) is -0.731. The number of carbonyl (C=O) groups excluding carboxylic acids is 1. The average Bonchev–Trinajstić information content (AvgIpc) is 3.34. The Bertz CT molecular complexity index is 981. The average molecular weight is 400 g/mol. The van der Waals surface area contributed by atoms with Gasteiger partial charge < -0.3 is 15.6 Å². The van der Waals surface area contributed by atoms with Crippen LogP contribution < -0.4 is 11.1 Å². The summed E-state index contributed by atoms with van der Waals surface area (Å²) in [6, 6.07) is 14.1. The van der Waals surface area contributed by atoms with Crippen LogP contribution in [0, 0.1) is 5.82 Å². The molecule has 0 aliphatic heterocycles. The van der Waals surface area contributed by atoms with Gasteiger partial charge in [0.25, 0.3) is 5.91 Å². The van der Waals surface area contributed by atoms with Crippen molar-refractivity contribution >= 4 is 17.5 Å². The van der Waals surface area contributed by atoms with Crippen LogP contribution >= 0.6 is 11.6 Å². The SMILES string of the molecule is NC1CC(c2ccccc2)CC1(NC(=O)c1cnoc1)c1ccc(F)c(Cl)c1. The normalized spacial score (nSPS) is 24.2. The van der Waals surface area contributed by atoms with E-state index in [1.54, 1.807) is 6.07 Å². The molecule has 0 spiro atoms. The fourth-order valence-electron chi connectivity index (χ4n) is 4.02. The van der Waals surface area contributed by atoms with Gasteiger partial charge in [-0.05, 0) is 42.0 Å². The maximum Gasteiger partial charge on any atom is 0.256 e. The van der Waals surface area contributed by atoms with Gasteiger partial charge in [0.15, 0.2) is 0 Å². The van der Waals surface area contributed by atoms with Gasteiger partial charge in [-0.15, -0.1) is 0 Å². The maximum absolute atomic E-state index is 13.8. The van der Waals surface area contributed by atoms with E-state index in [1.807, 2.05) is 30.3 Å². The number of benzene rings is 2. The van der Waals surface area contributed by atoms with Crippen molar-refractivity contribution in [1.29, 1.82) is 0 Å². The highest BCUT2D eigenvalue weighted by Gasteiger charge is 2.48. The Morgan fingerprint density at radius 3 is 2.75 bits per heavy atom. The van der Waals surface area contributed by atoms with Crippen LogP contribution in [-0.2, 0) is 5.54 Å². The quantitative estimate of drug-likeness (QED) is 0.694. The molecule has 7 heteroatoms. The van der Waals surface area contributed by atoms with Crippen LogP contribution in [0.3, 0.4) is 0 Å². The van der Waals surface area contributed by atoms with Gasteiger partial charge in [-0.1, -0.05) is 53.2 Å². The molecule has 28 heavy (non-hydrogen) atoms. The Morgan fingerprint density at radius 1 is 1.29 bits per heavy atom. The van der Waals surface area contributed by atoms with Crippen LogP contribution in [0.5, 0.6) is 0 Å². The third-order valence-corrected chi connectivity index (χ3v) is 5.77. The molecule has 0 radical (unpaired) electrons. The topological polar surface area (TPSA) is 81.1 Å². The predicted molar refractivity (Wildman–Crippen MR) is 103 cm³/mol. The summed E-state index contributed by atoms with van der Waals surface area (Å²) in [5, 5.41) is 6.64. The van der Waals surface area contributed by atoms with Gasteiger partial charge >= 0.3 is 0 Å². The van der Waals surface area contributed by atoms with Gasteiger partial charge in [0.2, 0.25) is 0 Å². The molecule has 3 atom stereocenters. The van der Waals surface area contributed by atoms with E-state index in [1.165, 1.54) is 24.6 Å². The molecule has 1 aliphatic carbocycles. The molecule has 5 nitrogen and oxygen atoms in total. The van der Waals surface area contributed by atoms with Crippen molar-refractivity contribution < 1.29 is 13.7 Å². The van der Waals surface area contributed by atoms with E-state index in [9.17, 15) is 9.18 Å². The smallest absolute Gasteiger partial charge is 0.256 e. The molecule has 2 aromatic carbocycles. The molecule has 1 heterocycles. The Kier molecular flexibility index (Phi) is 4.91. The fourth-order valence-corrected chi connectivity index (χ4v) is 4.20. The van der Waals surface area contributed by atoms with Gasteiger partial charge in [0.05, 0.1) is 22.3 Å². The first-order chi connectivity index (χ1) is 13.5. The number of rotatable bonds is 4. The minimum atomic E-state index is -0.897. The van der Waals surface area contributed by atoms with Crippen molar-refractivity contribution in [3.63, 3.8) is 0 Å². The molecular weight excluding hydrogens is 381 g/mol. The summed E-state index contributed by atoms with van der Waals surface area (Å²) in [5.41, 5.74) is 7.79. The monoisotopic (exact) mass is 399 g/mol. The van der Waals surface area contributed by atoms with E-state index in [-0.39, 0.29) is 22.9 Å². The summed E-state index contributed by atoms with van der Waals surface area (Å²) in [6.07, 6.45) is 3.85. The van der Waals surface area contributed by atoms with Crippen LogP contribution in [0.2, 0.25) is 5.02 Å². The zero-order valence-corrected chi connectivity index (χ0v) is 15.7. The number of nitrogens with zero attached hydrogens (tertiary/aromatic N) is 1. The number of nitrogens with two attached hydrogens (primary N) is 1. The van der Waals surface area contributed by atoms with Crippen molar-refractivity contribution in [3.8, 4) is 0 Å². The number of carbonyl (C=O) groups is 1. The molecule has 1 fully saturated rings. The van der Waals surface area contributed by atoms with Crippen LogP contribution in [-0.4, -0.2) is 17.1 Å². The molecule has 4 rings (SSSR count). The minimum absolute atomic E-state index is 0.00790. The van der Waals surface area contributed by atoms with Gasteiger partial charge in [-0.25, -0.2) is 4.39 Å². The molecule has 0 bridgehead atoms. The van der Waals surface area contributed by atoms with E-state index in [0.29, 0.717) is 24.0 Å². The molecule has 1 amide bonds. The molecule has 1 aromatic heterocycles. The molecule has 144 valence electrons. The van der Waals surface area contributed by atoms with Gasteiger partial charge in [0, 0.05) is 6.04 Å². The summed E-state index contributed by atoms with van der Waals surface area (Å²) >= 11 is 6.04. The number of aromatic nitrogens is 1. The third kappa shape index (κ3) is 3.30. The Hall–Kier alpha value is -2.70. The standard InChI is InChI=1S/C21H19ClFN3O2/c22-17-9-16(6-7-18(17)23)21(26-20(27)15-11-25-28-12-15)10-14(8-19(21)24)13-4-2-1-3-5-13/h1-7,9,11-12,14,19H,8,10,24H2,(H,26,27). The Balaban J connectivity index is 1.75. The largest absolute Gasteiger partial charge is 0.364 e. The van der Waals surface area contributed by atoms with Crippen LogP contribution in [0.15, 0.2) is 65.5 Å². The molecule has 3 aromatic rings. The zero-order valence-electron chi connectivity index (χ0n) is 14.9. The lowest BCUT2D eigenvalue weighted by atomic mass is 9.83. The number of amides is 1. The third-order valence-electron chi connectivity index (χ3n) is 5.48. The summed E-state index contributed by atoms with van der Waals surface area (Å²) in [6.45, 7) is 0. The summed E-state index contributed by atoms with van der Waals surface area (Å²) < 4.78 is 18.5. The predicted octanol–water partition coefficient (Wildman–Crippen LogP) is 4.00. The zero-order chi connectivity index (χ0) is 19.7. The van der Waals surface area contributed by atoms with Crippen LogP contribution in [0.4, 0.5) is 4.39 Å².